The fourth-order valence-corrected chi connectivity index (χ4v) is 2.43. The zero-order valence-electron chi connectivity index (χ0n) is 14.6. The first-order chi connectivity index (χ1) is 12.7. The van der Waals surface area contributed by atoms with Crippen LogP contribution in [0.25, 0.3) is 6.08 Å². The maximum atomic E-state index is 13.6. The minimum atomic E-state index is -1.30. The third kappa shape index (κ3) is 4.31. The van der Waals surface area contributed by atoms with Gasteiger partial charge in [0.05, 0.1) is 5.56 Å². The van der Waals surface area contributed by atoms with Gasteiger partial charge in [-0.2, -0.15) is 0 Å². The van der Waals surface area contributed by atoms with Crippen molar-refractivity contribution in [3.63, 3.8) is 0 Å². The standard InChI is InChI=1S/C20H16F2O5/c1-20(2)26-18(23)14(19(24)27-20)10-12-6-8-13(9-7-12)25-11-15-16(21)4-3-5-17(15)22/h3-10H,11H2,1-2H3. The van der Waals surface area contributed by atoms with E-state index in [0.29, 0.717) is 11.3 Å². The molecule has 1 aliphatic heterocycles. The molecule has 0 aliphatic carbocycles. The topological polar surface area (TPSA) is 61.8 Å². The second-order valence-corrected chi connectivity index (χ2v) is 6.29. The number of hydrogen-bond donors (Lipinski definition) is 0. The van der Waals surface area contributed by atoms with Crippen LogP contribution >= 0.6 is 0 Å². The van der Waals surface area contributed by atoms with Crippen LogP contribution < -0.4 is 4.74 Å². The highest BCUT2D eigenvalue weighted by Crippen LogP contribution is 2.25. The Morgan fingerprint density at radius 3 is 2.07 bits per heavy atom. The van der Waals surface area contributed by atoms with E-state index in [9.17, 15) is 18.4 Å². The van der Waals surface area contributed by atoms with Crippen LogP contribution in [0.2, 0.25) is 0 Å². The van der Waals surface area contributed by atoms with Gasteiger partial charge in [0.1, 0.15) is 29.6 Å². The number of cyclic esters (lactones) is 2. The van der Waals surface area contributed by atoms with E-state index >= 15 is 0 Å². The lowest BCUT2D eigenvalue weighted by Crippen LogP contribution is -2.41. The molecule has 0 spiro atoms. The molecule has 0 bridgehead atoms. The zero-order valence-corrected chi connectivity index (χ0v) is 14.6. The maximum Gasteiger partial charge on any atom is 0.348 e. The van der Waals surface area contributed by atoms with Crippen molar-refractivity contribution >= 4 is 18.0 Å². The molecule has 2 aromatic rings. The number of benzene rings is 2. The zero-order chi connectivity index (χ0) is 19.6. The molecule has 27 heavy (non-hydrogen) atoms. The molecule has 0 amide bonds. The second kappa shape index (κ2) is 7.19. The summed E-state index contributed by atoms with van der Waals surface area (Å²) in [4.78, 5) is 23.9. The number of ether oxygens (including phenoxy) is 3. The van der Waals surface area contributed by atoms with Gasteiger partial charge in [-0.3, -0.25) is 0 Å². The largest absolute Gasteiger partial charge is 0.489 e. The Morgan fingerprint density at radius 2 is 1.52 bits per heavy atom. The maximum absolute atomic E-state index is 13.6. The van der Waals surface area contributed by atoms with Gasteiger partial charge in [0.2, 0.25) is 0 Å². The number of hydrogen-bond acceptors (Lipinski definition) is 5. The van der Waals surface area contributed by atoms with Crippen molar-refractivity contribution in [1.29, 1.82) is 0 Å². The molecule has 5 nitrogen and oxygen atoms in total. The highest BCUT2D eigenvalue weighted by atomic mass is 19.1. The van der Waals surface area contributed by atoms with E-state index in [1.165, 1.54) is 26.0 Å². The first-order valence-corrected chi connectivity index (χ1v) is 8.09. The van der Waals surface area contributed by atoms with Crippen molar-refractivity contribution in [3.8, 4) is 5.75 Å². The second-order valence-electron chi connectivity index (χ2n) is 6.29. The van der Waals surface area contributed by atoms with Crippen LogP contribution in [-0.2, 0) is 25.7 Å². The Balaban J connectivity index is 1.71. The Kier molecular flexibility index (Phi) is 4.94. The number of carbonyl (C=O) groups excluding carboxylic acids is 2. The van der Waals surface area contributed by atoms with Crippen molar-refractivity contribution in [1.82, 2.24) is 0 Å². The summed E-state index contributed by atoms with van der Waals surface area (Å²) in [7, 11) is 0. The van der Waals surface area contributed by atoms with Gasteiger partial charge >= 0.3 is 11.9 Å². The molecule has 0 N–H and O–H groups in total. The molecule has 0 saturated carbocycles. The van der Waals surface area contributed by atoms with E-state index in [4.69, 9.17) is 14.2 Å². The first kappa shape index (κ1) is 18.6. The van der Waals surface area contributed by atoms with E-state index < -0.39 is 29.4 Å². The molecule has 0 radical (unpaired) electrons. The van der Waals surface area contributed by atoms with Crippen molar-refractivity contribution in [2.45, 2.75) is 26.2 Å². The van der Waals surface area contributed by atoms with E-state index in [-0.39, 0.29) is 17.7 Å². The van der Waals surface area contributed by atoms with Gasteiger partial charge < -0.3 is 14.2 Å². The Morgan fingerprint density at radius 1 is 0.963 bits per heavy atom. The smallest absolute Gasteiger partial charge is 0.348 e. The average molecular weight is 374 g/mol. The number of carbonyl (C=O) groups is 2. The van der Waals surface area contributed by atoms with Gasteiger partial charge in [-0.25, -0.2) is 18.4 Å². The van der Waals surface area contributed by atoms with Gasteiger partial charge in [0, 0.05) is 13.8 Å². The molecule has 1 fully saturated rings. The van der Waals surface area contributed by atoms with Gasteiger partial charge in [-0.05, 0) is 35.9 Å². The molecule has 0 unspecified atom stereocenters. The highest BCUT2D eigenvalue weighted by molar-refractivity contribution is 6.18. The lowest BCUT2D eigenvalue weighted by atomic mass is 10.1. The molecule has 1 heterocycles. The van der Waals surface area contributed by atoms with E-state index in [0.717, 1.165) is 12.1 Å². The Labute approximate surface area is 154 Å². The molecule has 7 heteroatoms. The highest BCUT2D eigenvalue weighted by Gasteiger charge is 2.38. The number of rotatable bonds is 4. The van der Waals surface area contributed by atoms with Gasteiger partial charge in [0.15, 0.2) is 0 Å². The summed E-state index contributed by atoms with van der Waals surface area (Å²) in [5.41, 5.74) is 0.137. The summed E-state index contributed by atoms with van der Waals surface area (Å²) in [5, 5.41) is 0. The molecule has 140 valence electrons. The molecular formula is C20H16F2O5. The van der Waals surface area contributed by atoms with Crippen molar-refractivity contribution in [3.05, 3.63) is 70.8 Å². The van der Waals surface area contributed by atoms with E-state index in [2.05, 4.69) is 0 Å². The van der Waals surface area contributed by atoms with Crippen LogP contribution in [0.1, 0.15) is 25.0 Å². The SMILES string of the molecule is CC1(C)OC(=O)C(=Cc2ccc(OCc3c(F)cccc3F)cc2)C(=O)O1. The quantitative estimate of drug-likeness (QED) is 0.463. The summed E-state index contributed by atoms with van der Waals surface area (Å²) in [6.07, 6.45) is 1.33. The Hall–Kier alpha value is -3.22. The minimum Gasteiger partial charge on any atom is -0.489 e. The van der Waals surface area contributed by atoms with E-state index in [1.54, 1.807) is 24.3 Å². The lowest BCUT2D eigenvalue weighted by molar-refractivity contribution is -0.222. The number of halogens is 2. The average Bonchev–Trinajstić information content (AvgIpc) is 2.58. The normalized spacial score (nSPS) is 15.8. The summed E-state index contributed by atoms with van der Waals surface area (Å²) in [6, 6.07) is 9.85. The molecule has 3 rings (SSSR count). The predicted octanol–water partition coefficient (Wildman–Crippen LogP) is 3.76. The summed E-state index contributed by atoms with van der Waals surface area (Å²) in [5.74, 6) is -3.85. The summed E-state index contributed by atoms with van der Waals surface area (Å²) >= 11 is 0. The van der Waals surface area contributed by atoms with Crippen LogP contribution in [0.5, 0.6) is 5.75 Å². The molecule has 1 saturated heterocycles. The number of esters is 2. The third-order valence-electron chi connectivity index (χ3n) is 3.75. The third-order valence-corrected chi connectivity index (χ3v) is 3.75. The molecule has 2 aromatic carbocycles. The van der Waals surface area contributed by atoms with Crippen LogP contribution in [0.3, 0.4) is 0 Å². The van der Waals surface area contributed by atoms with Crippen molar-refractivity contribution < 1.29 is 32.6 Å². The van der Waals surface area contributed by atoms with Gasteiger partial charge in [0.25, 0.3) is 5.79 Å². The fraction of sp³-hybridized carbons (Fsp3) is 0.200. The lowest BCUT2D eigenvalue weighted by Gasteiger charge is -2.29. The van der Waals surface area contributed by atoms with Crippen LogP contribution in [0.4, 0.5) is 8.78 Å². The predicted molar refractivity (Wildman–Crippen MR) is 91.4 cm³/mol. The molecule has 0 aromatic heterocycles. The monoisotopic (exact) mass is 374 g/mol. The van der Waals surface area contributed by atoms with Crippen LogP contribution in [-0.4, -0.2) is 17.7 Å². The van der Waals surface area contributed by atoms with Crippen LogP contribution in [0.15, 0.2) is 48.0 Å². The molecular weight excluding hydrogens is 358 g/mol. The van der Waals surface area contributed by atoms with E-state index in [1.807, 2.05) is 0 Å². The molecule has 0 atom stereocenters. The van der Waals surface area contributed by atoms with Crippen LogP contribution in [0, 0.1) is 11.6 Å². The van der Waals surface area contributed by atoms with Crippen molar-refractivity contribution in [2.75, 3.05) is 0 Å². The first-order valence-electron chi connectivity index (χ1n) is 8.09. The fourth-order valence-electron chi connectivity index (χ4n) is 2.43. The van der Waals surface area contributed by atoms with Crippen molar-refractivity contribution in [2.24, 2.45) is 0 Å². The Bertz CT molecular complexity index is 874. The van der Waals surface area contributed by atoms with Gasteiger partial charge in [-0.15, -0.1) is 0 Å². The minimum absolute atomic E-state index is 0.168. The summed E-state index contributed by atoms with van der Waals surface area (Å²) in [6.45, 7) is 2.65. The summed E-state index contributed by atoms with van der Waals surface area (Å²) < 4.78 is 42.6. The van der Waals surface area contributed by atoms with Gasteiger partial charge in [-0.1, -0.05) is 18.2 Å². The molecule has 1 aliphatic rings.